The molecule has 3 aliphatic carbocycles. The normalized spacial score (nSPS) is 39.0. The number of fused-ring (bicyclic) bond motifs is 3. The first-order valence-corrected chi connectivity index (χ1v) is 15.1. The minimum absolute atomic E-state index is 0.247. The van der Waals surface area contributed by atoms with Crippen molar-refractivity contribution in [3.8, 4) is 11.8 Å². The smallest absolute Gasteiger partial charge is 0.0646 e. The van der Waals surface area contributed by atoms with E-state index in [2.05, 4.69) is 62.8 Å². The molecule has 4 aliphatic rings. The van der Waals surface area contributed by atoms with Crippen molar-refractivity contribution >= 4 is 0 Å². The molecule has 0 bridgehead atoms. The van der Waals surface area contributed by atoms with E-state index in [1.165, 1.54) is 64.3 Å². The van der Waals surface area contributed by atoms with Crippen LogP contribution in [0.3, 0.4) is 0 Å². The van der Waals surface area contributed by atoms with Crippen molar-refractivity contribution in [3.05, 3.63) is 18.0 Å². The van der Waals surface area contributed by atoms with Crippen LogP contribution in [0.4, 0.5) is 0 Å². The highest BCUT2D eigenvalue weighted by Crippen LogP contribution is 2.68. The molecule has 7 atom stereocenters. The average Bonchev–Trinajstić information content (AvgIpc) is 3.44. The minimum atomic E-state index is 0.247. The first-order chi connectivity index (χ1) is 17.4. The SMILES string of the molecule is CCC#Cc1cnn(CC2(C3CCC4C5CCC(C)(CCNC)C(CCC)C5CCC43C)COC2)c1. The Balaban J connectivity index is 1.35. The largest absolute Gasteiger partial charge is 0.380 e. The van der Waals surface area contributed by atoms with E-state index in [9.17, 15) is 0 Å². The molecule has 1 N–H and O–H groups in total. The molecular formula is C32H51N3O. The summed E-state index contributed by atoms with van der Waals surface area (Å²) in [5, 5.41) is 8.18. The molecule has 7 unspecified atom stereocenters. The molecule has 1 aromatic heterocycles. The quantitative estimate of drug-likeness (QED) is 0.418. The van der Waals surface area contributed by atoms with E-state index in [0.29, 0.717) is 10.8 Å². The lowest BCUT2D eigenvalue weighted by Crippen LogP contribution is -2.57. The van der Waals surface area contributed by atoms with Gasteiger partial charge in [-0.2, -0.15) is 5.10 Å². The van der Waals surface area contributed by atoms with Gasteiger partial charge in [-0.1, -0.05) is 46.0 Å². The molecule has 0 aromatic carbocycles. The average molecular weight is 494 g/mol. The van der Waals surface area contributed by atoms with Crippen LogP contribution in [0.25, 0.3) is 0 Å². The Morgan fingerprint density at radius 2 is 1.92 bits per heavy atom. The van der Waals surface area contributed by atoms with Crippen molar-refractivity contribution in [2.75, 3.05) is 26.8 Å². The molecule has 0 spiro atoms. The summed E-state index contributed by atoms with van der Waals surface area (Å²) in [6, 6.07) is 0. The van der Waals surface area contributed by atoms with Gasteiger partial charge in [-0.3, -0.25) is 4.68 Å². The molecule has 2 heterocycles. The predicted octanol–water partition coefficient (Wildman–Crippen LogP) is 6.55. The van der Waals surface area contributed by atoms with Crippen molar-refractivity contribution in [2.45, 2.75) is 98.4 Å². The molecule has 36 heavy (non-hydrogen) atoms. The number of hydrogen-bond acceptors (Lipinski definition) is 3. The third-order valence-corrected chi connectivity index (χ3v) is 11.5. The predicted molar refractivity (Wildman–Crippen MR) is 147 cm³/mol. The van der Waals surface area contributed by atoms with Crippen molar-refractivity contribution in [1.29, 1.82) is 0 Å². The number of ether oxygens (including phenoxy) is 1. The summed E-state index contributed by atoms with van der Waals surface area (Å²) >= 11 is 0. The summed E-state index contributed by atoms with van der Waals surface area (Å²) in [4.78, 5) is 0. The van der Waals surface area contributed by atoms with Crippen molar-refractivity contribution in [1.82, 2.24) is 15.1 Å². The Labute approximate surface area is 220 Å². The Hall–Kier alpha value is -1.31. The van der Waals surface area contributed by atoms with Gasteiger partial charge in [0.05, 0.1) is 31.5 Å². The molecule has 4 fully saturated rings. The topological polar surface area (TPSA) is 39.1 Å². The molecular weight excluding hydrogens is 442 g/mol. The minimum Gasteiger partial charge on any atom is -0.380 e. The van der Waals surface area contributed by atoms with Crippen molar-refractivity contribution in [2.24, 2.45) is 45.8 Å². The van der Waals surface area contributed by atoms with E-state index in [0.717, 1.165) is 61.3 Å². The lowest BCUT2D eigenvalue weighted by atomic mass is 9.46. The second-order valence-electron chi connectivity index (χ2n) is 13.5. The summed E-state index contributed by atoms with van der Waals surface area (Å²) in [5.41, 5.74) is 2.27. The second kappa shape index (κ2) is 10.5. The maximum atomic E-state index is 5.96. The van der Waals surface area contributed by atoms with E-state index in [1.807, 2.05) is 6.20 Å². The standard InChI is InChI=1S/C32H51N3O/c1-6-8-10-24-19-34-35(20-24)21-32(22-36-23-32)29-12-11-28-26-13-15-30(3,17-18-33-5)27(9-7-2)25(26)14-16-31(28,29)4/h19-20,25-29,33H,6-7,9,11-18,21-23H2,1-5H3. The number of hydrogen-bond donors (Lipinski definition) is 1. The van der Waals surface area contributed by atoms with Gasteiger partial charge in [-0.05, 0) is 105 Å². The van der Waals surface area contributed by atoms with Crippen molar-refractivity contribution in [3.63, 3.8) is 0 Å². The first-order valence-electron chi connectivity index (χ1n) is 15.1. The lowest BCUT2D eigenvalue weighted by Gasteiger charge is -2.60. The fourth-order valence-electron chi connectivity index (χ4n) is 9.83. The zero-order valence-electron chi connectivity index (χ0n) is 23.7. The van der Waals surface area contributed by atoms with E-state index in [4.69, 9.17) is 9.84 Å². The van der Waals surface area contributed by atoms with Gasteiger partial charge in [0.1, 0.15) is 0 Å². The fraction of sp³-hybridized carbons (Fsp3) is 0.844. The van der Waals surface area contributed by atoms with Gasteiger partial charge in [0.15, 0.2) is 0 Å². The zero-order valence-corrected chi connectivity index (χ0v) is 23.7. The van der Waals surface area contributed by atoms with Crippen LogP contribution in [0.5, 0.6) is 0 Å². The maximum Gasteiger partial charge on any atom is 0.0646 e. The first kappa shape index (κ1) is 26.3. The fourth-order valence-corrected chi connectivity index (χ4v) is 9.83. The van der Waals surface area contributed by atoms with E-state index in [-0.39, 0.29) is 5.41 Å². The molecule has 1 aromatic rings. The van der Waals surface area contributed by atoms with Crippen LogP contribution in [0.15, 0.2) is 12.4 Å². The highest BCUT2D eigenvalue weighted by molar-refractivity contribution is 5.29. The summed E-state index contributed by atoms with van der Waals surface area (Å²) < 4.78 is 8.14. The summed E-state index contributed by atoms with van der Waals surface area (Å²) in [7, 11) is 2.12. The third kappa shape index (κ3) is 4.47. The van der Waals surface area contributed by atoms with E-state index >= 15 is 0 Å². The Bertz CT molecular complexity index is 954. The Morgan fingerprint density at radius 1 is 1.11 bits per heavy atom. The number of aromatic nitrogens is 2. The van der Waals surface area contributed by atoms with Crippen molar-refractivity contribution < 1.29 is 4.74 Å². The molecule has 0 radical (unpaired) electrons. The van der Waals surface area contributed by atoms with Crippen LogP contribution in [-0.4, -0.2) is 36.6 Å². The molecule has 5 rings (SSSR count). The maximum absolute atomic E-state index is 5.96. The van der Waals surface area contributed by atoms with E-state index < -0.39 is 0 Å². The molecule has 4 heteroatoms. The summed E-state index contributed by atoms with van der Waals surface area (Å²) in [5.74, 6) is 10.9. The second-order valence-corrected chi connectivity index (χ2v) is 13.5. The number of nitrogens with zero attached hydrogens (tertiary/aromatic N) is 2. The van der Waals surface area contributed by atoms with Gasteiger partial charge in [-0.15, -0.1) is 0 Å². The Kier molecular flexibility index (Phi) is 7.64. The number of rotatable bonds is 8. The molecule has 1 saturated heterocycles. The van der Waals surface area contributed by atoms with Gasteiger partial charge < -0.3 is 10.1 Å². The van der Waals surface area contributed by atoms with Gasteiger partial charge in [-0.25, -0.2) is 0 Å². The highest BCUT2D eigenvalue weighted by atomic mass is 16.5. The van der Waals surface area contributed by atoms with Gasteiger partial charge in [0, 0.05) is 18.0 Å². The van der Waals surface area contributed by atoms with Gasteiger partial charge in [0.25, 0.3) is 0 Å². The molecule has 4 nitrogen and oxygen atoms in total. The van der Waals surface area contributed by atoms with Crippen LogP contribution in [0.2, 0.25) is 0 Å². The molecule has 1 aliphatic heterocycles. The van der Waals surface area contributed by atoms with Gasteiger partial charge in [0.2, 0.25) is 0 Å². The monoisotopic (exact) mass is 493 g/mol. The zero-order chi connectivity index (χ0) is 25.4. The Morgan fingerprint density at radius 3 is 2.61 bits per heavy atom. The van der Waals surface area contributed by atoms with Crippen LogP contribution < -0.4 is 5.32 Å². The van der Waals surface area contributed by atoms with Gasteiger partial charge >= 0.3 is 0 Å². The highest BCUT2D eigenvalue weighted by Gasteiger charge is 2.63. The van der Waals surface area contributed by atoms with Crippen LogP contribution in [0, 0.1) is 57.7 Å². The van der Waals surface area contributed by atoms with Crippen LogP contribution >= 0.6 is 0 Å². The van der Waals surface area contributed by atoms with E-state index in [1.54, 1.807) is 0 Å². The lowest BCUT2D eigenvalue weighted by molar-refractivity contribution is -0.191. The summed E-state index contributed by atoms with van der Waals surface area (Å²) in [6.45, 7) is 13.8. The number of nitrogens with one attached hydrogen (secondary N) is 1. The van der Waals surface area contributed by atoms with Crippen LogP contribution in [-0.2, 0) is 11.3 Å². The molecule has 3 saturated carbocycles. The molecule has 200 valence electrons. The molecule has 0 amide bonds. The summed E-state index contributed by atoms with van der Waals surface area (Å²) in [6.07, 6.45) is 17.7. The van der Waals surface area contributed by atoms with Crippen LogP contribution in [0.1, 0.15) is 97.5 Å². The third-order valence-electron chi connectivity index (χ3n) is 11.5.